The summed E-state index contributed by atoms with van der Waals surface area (Å²) in [6.07, 6.45) is 7.30. The fourth-order valence-corrected chi connectivity index (χ4v) is 2.60. The van der Waals surface area contributed by atoms with Gasteiger partial charge in [0.25, 0.3) is 5.91 Å². The molecule has 0 spiro atoms. The molecule has 1 saturated heterocycles. The van der Waals surface area contributed by atoms with E-state index in [0.29, 0.717) is 22.3 Å². The molecule has 0 radical (unpaired) electrons. The third-order valence-electron chi connectivity index (χ3n) is 4.22. The first kappa shape index (κ1) is 18.8. The van der Waals surface area contributed by atoms with Gasteiger partial charge in [0.05, 0.1) is 5.03 Å². The zero-order chi connectivity index (χ0) is 16.7. The van der Waals surface area contributed by atoms with Crippen molar-refractivity contribution in [2.75, 3.05) is 26.7 Å². The van der Waals surface area contributed by atoms with Gasteiger partial charge in [-0.25, -0.2) is 0 Å². The van der Waals surface area contributed by atoms with Crippen LogP contribution in [0, 0.1) is 0 Å². The monoisotopic (exact) mass is 325 g/mol. The van der Waals surface area contributed by atoms with E-state index in [-0.39, 0.29) is 5.91 Å². The zero-order valence-corrected chi connectivity index (χ0v) is 14.9. The van der Waals surface area contributed by atoms with E-state index in [1.807, 2.05) is 17.9 Å². The minimum absolute atomic E-state index is 0.0653. The van der Waals surface area contributed by atoms with Crippen LogP contribution >= 0.6 is 11.6 Å². The van der Waals surface area contributed by atoms with Crippen molar-refractivity contribution < 1.29 is 4.79 Å². The van der Waals surface area contributed by atoms with Crippen LogP contribution in [0.4, 0.5) is 0 Å². The number of amides is 1. The van der Waals surface area contributed by atoms with Gasteiger partial charge >= 0.3 is 0 Å². The number of hydrogen-bond acceptors (Lipinski definition) is 3. The van der Waals surface area contributed by atoms with E-state index in [4.69, 9.17) is 17.3 Å². The molecule has 0 unspecified atom stereocenters. The molecular formula is C17H28ClN3O. The molecule has 1 aliphatic rings. The minimum Gasteiger partial charge on any atom is -0.401 e. The van der Waals surface area contributed by atoms with Gasteiger partial charge in [0, 0.05) is 30.4 Å². The number of allylic oxidation sites excluding steroid dienone is 4. The second-order valence-corrected chi connectivity index (χ2v) is 6.11. The maximum absolute atomic E-state index is 12.6. The van der Waals surface area contributed by atoms with Gasteiger partial charge in [0.2, 0.25) is 0 Å². The van der Waals surface area contributed by atoms with Crippen molar-refractivity contribution in [3.63, 3.8) is 0 Å². The Labute approximate surface area is 139 Å². The molecule has 124 valence electrons. The predicted octanol–water partition coefficient (Wildman–Crippen LogP) is 2.86. The van der Waals surface area contributed by atoms with Gasteiger partial charge in [-0.3, -0.25) is 4.79 Å². The van der Waals surface area contributed by atoms with Gasteiger partial charge in [-0.15, -0.1) is 0 Å². The van der Waals surface area contributed by atoms with Crippen molar-refractivity contribution >= 4 is 17.5 Å². The normalized spacial score (nSPS) is 19.0. The second kappa shape index (κ2) is 9.01. The molecule has 0 aromatic heterocycles. The first-order valence-electron chi connectivity index (χ1n) is 7.86. The zero-order valence-electron chi connectivity index (χ0n) is 14.1. The largest absolute Gasteiger partial charge is 0.401 e. The summed E-state index contributed by atoms with van der Waals surface area (Å²) < 4.78 is 0. The molecule has 0 aliphatic carbocycles. The second-order valence-electron chi connectivity index (χ2n) is 5.70. The van der Waals surface area contributed by atoms with Gasteiger partial charge in [0.15, 0.2) is 0 Å². The van der Waals surface area contributed by atoms with Crippen molar-refractivity contribution in [1.82, 2.24) is 9.80 Å². The lowest BCUT2D eigenvalue weighted by molar-refractivity contribution is -0.128. The number of nitrogens with zero attached hydrogens (tertiary/aromatic N) is 2. The molecule has 5 heteroatoms. The summed E-state index contributed by atoms with van der Waals surface area (Å²) in [6, 6.07) is 0.580. The topological polar surface area (TPSA) is 49.6 Å². The summed E-state index contributed by atoms with van der Waals surface area (Å²) in [5, 5.41) is 0.468. The highest BCUT2D eigenvalue weighted by atomic mass is 35.5. The molecule has 4 nitrogen and oxygen atoms in total. The molecule has 0 saturated carbocycles. The van der Waals surface area contributed by atoms with Gasteiger partial charge in [-0.2, -0.15) is 0 Å². The Morgan fingerprint density at radius 1 is 1.36 bits per heavy atom. The van der Waals surface area contributed by atoms with Gasteiger partial charge in [-0.1, -0.05) is 24.6 Å². The number of carbonyl (C=O) groups is 1. The standard InChI is InChI=1S/C17H28ClN3O/c1-5-14(7-8-16(18)13(3)19)17(22)21-11-9-15(10-12-21)20(4)6-2/h5,7-8,15H,6,9-12,19H2,1-4H3/b8-7-,14-5+,16-13-. The molecule has 1 aliphatic heterocycles. The summed E-state index contributed by atoms with van der Waals surface area (Å²) >= 11 is 5.99. The molecule has 1 amide bonds. The molecule has 2 N–H and O–H groups in total. The van der Waals surface area contributed by atoms with Gasteiger partial charge in [0.1, 0.15) is 0 Å². The number of carbonyl (C=O) groups excluding carboxylic acids is 1. The smallest absolute Gasteiger partial charge is 0.253 e. The summed E-state index contributed by atoms with van der Waals surface area (Å²) in [7, 11) is 2.14. The van der Waals surface area contributed by atoms with Crippen molar-refractivity contribution in [3.05, 3.63) is 34.5 Å². The van der Waals surface area contributed by atoms with E-state index < -0.39 is 0 Å². The molecule has 1 fully saturated rings. The van der Waals surface area contributed by atoms with Gasteiger partial charge < -0.3 is 15.5 Å². The average Bonchev–Trinajstić information content (AvgIpc) is 2.54. The van der Waals surface area contributed by atoms with Crippen molar-refractivity contribution in [1.29, 1.82) is 0 Å². The number of hydrogen-bond donors (Lipinski definition) is 1. The highest BCUT2D eigenvalue weighted by Crippen LogP contribution is 2.18. The van der Waals surface area contributed by atoms with E-state index in [0.717, 1.165) is 32.5 Å². The Morgan fingerprint density at radius 2 is 1.95 bits per heavy atom. The maximum Gasteiger partial charge on any atom is 0.253 e. The molecule has 0 aromatic carbocycles. The Bertz CT molecular complexity index is 470. The van der Waals surface area contributed by atoms with E-state index in [1.54, 1.807) is 19.1 Å². The Kier molecular flexibility index (Phi) is 7.69. The third-order valence-corrected chi connectivity index (χ3v) is 4.64. The lowest BCUT2D eigenvalue weighted by Gasteiger charge is -2.36. The van der Waals surface area contributed by atoms with Crippen LogP contribution in [0.2, 0.25) is 0 Å². The number of likely N-dealkylation sites (tertiary alicyclic amines) is 1. The highest BCUT2D eigenvalue weighted by Gasteiger charge is 2.25. The Morgan fingerprint density at radius 3 is 2.41 bits per heavy atom. The summed E-state index contributed by atoms with van der Waals surface area (Å²) in [5.41, 5.74) is 6.82. The van der Waals surface area contributed by atoms with Crippen LogP contribution in [-0.2, 0) is 4.79 Å². The number of piperidine rings is 1. The first-order valence-corrected chi connectivity index (χ1v) is 8.24. The van der Waals surface area contributed by atoms with E-state index in [2.05, 4.69) is 18.9 Å². The fourth-order valence-electron chi connectivity index (χ4n) is 2.54. The van der Waals surface area contributed by atoms with E-state index in [9.17, 15) is 4.79 Å². The van der Waals surface area contributed by atoms with E-state index >= 15 is 0 Å². The molecule has 0 aromatic rings. The van der Waals surface area contributed by atoms with Crippen molar-refractivity contribution in [2.24, 2.45) is 5.73 Å². The van der Waals surface area contributed by atoms with Crippen molar-refractivity contribution in [2.45, 2.75) is 39.7 Å². The quantitative estimate of drug-likeness (QED) is 0.624. The van der Waals surface area contributed by atoms with Crippen LogP contribution in [0.3, 0.4) is 0 Å². The third kappa shape index (κ3) is 5.18. The van der Waals surface area contributed by atoms with E-state index in [1.165, 1.54) is 0 Å². The lowest BCUT2D eigenvalue weighted by Crippen LogP contribution is -2.45. The van der Waals surface area contributed by atoms with Crippen LogP contribution in [0.1, 0.15) is 33.6 Å². The van der Waals surface area contributed by atoms with Crippen molar-refractivity contribution in [3.8, 4) is 0 Å². The molecular weight excluding hydrogens is 298 g/mol. The highest BCUT2D eigenvalue weighted by molar-refractivity contribution is 6.31. The molecule has 0 atom stereocenters. The molecule has 0 bridgehead atoms. The number of halogens is 1. The minimum atomic E-state index is 0.0653. The fraction of sp³-hybridized carbons (Fsp3) is 0.588. The summed E-state index contributed by atoms with van der Waals surface area (Å²) in [5.74, 6) is 0.0653. The SMILES string of the molecule is C\C=C(/C=C\C(Cl)=C(/C)N)C(=O)N1CCC(N(C)CC)CC1. The molecule has 1 heterocycles. The molecule has 22 heavy (non-hydrogen) atoms. The van der Waals surface area contributed by atoms with Crippen LogP contribution in [-0.4, -0.2) is 48.4 Å². The predicted molar refractivity (Wildman–Crippen MR) is 93.5 cm³/mol. The molecule has 1 rings (SSSR count). The average molecular weight is 326 g/mol. The first-order chi connectivity index (χ1) is 10.4. The summed E-state index contributed by atoms with van der Waals surface area (Å²) in [6.45, 7) is 8.42. The Hall–Kier alpha value is -1.26. The lowest BCUT2D eigenvalue weighted by atomic mass is 10.0. The number of rotatable bonds is 5. The van der Waals surface area contributed by atoms with Crippen LogP contribution < -0.4 is 5.73 Å². The van der Waals surface area contributed by atoms with Gasteiger partial charge in [-0.05, 0) is 52.4 Å². The maximum atomic E-state index is 12.6. The summed E-state index contributed by atoms with van der Waals surface area (Å²) in [4.78, 5) is 16.8. The number of nitrogens with two attached hydrogens (primary N) is 1. The van der Waals surface area contributed by atoms with Crippen LogP contribution in [0.25, 0.3) is 0 Å². The Balaban J connectivity index is 2.66. The van der Waals surface area contributed by atoms with Crippen LogP contribution in [0.15, 0.2) is 34.5 Å². The van der Waals surface area contributed by atoms with Crippen LogP contribution in [0.5, 0.6) is 0 Å².